The van der Waals surface area contributed by atoms with Crippen LogP contribution in [0, 0.1) is 0 Å². The number of aromatic nitrogens is 1. The molecular formula is C27H31N3O2. The number of rotatable bonds is 7. The van der Waals surface area contributed by atoms with Crippen molar-refractivity contribution in [3.63, 3.8) is 0 Å². The average Bonchev–Trinajstić information content (AvgIpc) is 2.82. The van der Waals surface area contributed by atoms with Crippen LogP contribution in [-0.2, 0) is 0 Å². The maximum Gasteiger partial charge on any atom is 0.251 e. The molecule has 0 saturated carbocycles. The lowest BCUT2D eigenvalue weighted by Gasteiger charge is -2.38. The Morgan fingerprint density at radius 2 is 1.69 bits per heavy atom. The molecule has 2 aromatic carbocycles. The van der Waals surface area contributed by atoms with Gasteiger partial charge in [-0.3, -0.25) is 14.7 Å². The summed E-state index contributed by atoms with van der Waals surface area (Å²) in [6.07, 6.45) is 5.76. The summed E-state index contributed by atoms with van der Waals surface area (Å²) >= 11 is 0. The number of likely N-dealkylation sites (tertiary alicyclic amines) is 1. The van der Waals surface area contributed by atoms with Gasteiger partial charge in [0.05, 0.1) is 12.1 Å². The highest BCUT2D eigenvalue weighted by molar-refractivity contribution is 5.94. The minimum atomic E-state index is 0.00796. The molecular weight excluding hydrogens is 398 g/mol. The second-order valence-electron chi connectivity index (χ2n) is 8.57. The molecule has 1 aliphatic rings. The van der Waals surface area contributed by atoms with Crippen molar-refractivity contribution in [1.82, 2.24) is 15.2 Å². The van der Waals surface area contributed by atoms with E-state index in [-0.39, 0.29) is 24.1 Å². The number of pyridine rings is 1. The summed E-state index contributed by atoms with van der Waals surface area (Å²) in [7, 11) is 0. The van der Waals surface area contributed by atoms with Gasteiger partial charge in [-0.05, 0) is 68.1 Å². The van der Waals surface area contributed by atoms with Gasteiger partial charge in [-0.15, -0.1) is 0 Å². The Kier molecular flexibility index (Phi) is 7.17. The molecule has 166 valence electrons. The van der Waals surface area contributed by atoms with Gasteiger partial charge >= 0.3 is 0 Å². The zero-order chi connectivity index (χ0) is 22.3. The van der Waals surface area contributed by atoms with E-state index in [0.717, 1.165) is 31.7 Å². The molecule has 0 bridgehead atoms. The van der Waals surface area contributed by atoms with Gasteiger partial charge in [0.2, 0.25) is 0 Å². The molecule has 0 radical (unpaired) electrons. The summed E-state index contributed by atoms with van der Waals surface area (Å²) in [4.78, 5) is 19.4. The standard InChI is InChI=1S/C27H31N3O2/c1-20(2)32-25-12-10-21(11-13-25)26(23-9-6-16-28-19-23)30-17-14-24(15-18-30)29-27(31)22-7-4-3-5-8-22/h3-13,16,19-20,24,26H,14-15,17-18H2,1-2H3,(H,29,31). The first-order valence-electron chi connectivity index (χ1n) is 11.4. The Balaban J connectivity index is 1.45. The Hall–Kier alpha value is -3.18. The number of ether oxygens (including phenoxy) is 1. The maximum absolute atomic E-state index is 12.5. The summed E-state index contributed by atoms with van der Waals surface area (Å²) in [5.41, 5.74) is 3.12. The molecule has 0 aliphatic carbocycles. The average molecular weight is 430 g/mol. The Bertz CT molecular complexity index is 982. The number of hydrogen-bond acceptors (Lipinski definition) is 4. The van der Waals surface area contributed by atoms with Gasteiger partial charge in [0.1, 0.15) is 5.75 Å². The van der Waals surface area contributed by atoms with Crippen LogP contribution in [0.1, 0.15) is 54.2 Å². The molecule has 1 fully saturated rings. The van der Waals surface area contributed by atoms with Gasteiger partial charge < -0.3 is 10.1 Å². The van der Waals surface area contributed by atoms with Gasteiger partial charge in [-0.1, -0.05) is 36.4 Å². The lowest BCUT2D eigenvalue weighted by atomic mass is 9.94. The topological polar surface area (TPSA) is 54.5 Å². The molecule has 1 saturated heterocycles. The maximum atomic E-state index is 12.5. The van der Waals surface area contributed by atoms with Crippen LogP contribution in [0.4, 0.5) is 0 Å². The molecule has 1 N–H and O–H groups in total. The zero-order valence-electron chi connectivity index (χ0n) is 18.8. The van der Waals surface area contributed by atoms with Gasteiger partial charge in [-0.25, -0.2) is 0 Å². The van der Waals surface area contributed by atoms with Crippen molar-refractivity contribution in [2.24, 2.45) is 0 Å². The molecule has 1 unspecified atom stereocenters. The van der Waals surface area contributed by atoms with E-state index in [1.807, 2.05) is 74.8 Å². The first kappa shape index (κ1) is 22.0. The summed E-state index contributed by atoms with van der Waals surface area (Å²) in [5.74, 6) is 0.893. The summed E-state index contributed by atoms with van der Waals surface area (Å²) < 4.78 is 5.82. The fourth-order valence-corrected chi connectivity index (χ4v) is 4.31. The number of nitrogens with one attached hydrogen (secondary N) is 1. The van der Waals surface area contributed by atoms with Crippen LogP contribution in [0.5, 0.6) is 5.75 Å². The van der Waals surface area contributed by atoms with Crippen LogP contribution in [0.2, 0.25) is 0 Å². The monoisotopic (exact) mass is 429 g/mol. The van der Waals surface area contributed by atoms with Crippen LogP contribution in [0.15, 0.2) is 79.1 Å². The normalized spacial score (nSPS) is 16.0. The zero-order valence-corrected chi connectivity index (χ0v) is 18.8. The summed E-state index contributed by atoms with van der Waals surface area (Å²) in [6, 6.07) is 22.3. The fourth-order valence-electron chi connectivity index (χ4n) is 4.31. The van der Waals surface area contributed by atoms with Crippen molar-refractivity contribution in [1.29, 1.82) is 0 Å². The van der Waals surface area contributed by atoms with Crippen molar-refractivity contribution in [3.8, 4) is 5.75 Å². The SMILES string of the molecule is CC(C)Oc1ccc(C(c2cccnc2)N2CCC(NC(=O)c3ccccc3)CC2)cc1. The van der Waals surface area contributed by atoms with Gasteiger partial charge in [0, 0.05) is 37.1 Å². The number of piperidine rings is 1. The van der Waals surface area contributed by atoms with Gasteiger partial charge in [-0.2, -0.15) is 0 Å². The highest BCUT2D eigenvalue weighted by Crippen LogP contribution is 2.32. The second-order valence-corrected chi connectivity index (χ2v) is 8.57. The second kappa shape index (κ2) is 10.4. The van der Waals surface area contributed by atoms with Crippen LogP contribution in [-0.4, -0.2) is 41.0 Å². The van der Waals surface area contributed by atoms with E-state index in [2.05, 4.69) is 33.4 Å². The molecule has 32 heavy (non-hydrogen) atoms. The first-order chi connectivity index (χ1) is 15.6. The van der Waals surface area contributed by atoms with E-state index in [4.69, 9.17) is 4.74 Å². The lowest BCUT2D eigenvalue weighted by Crippen LogP contribution is -2.45. The van der Waals surface area contributed by atoms with Gasteiger partial charge in [0.15, 0.2) is 0 Å². The first-order valence-corrected chi connectivity index (χ1v) is 11.4. The van der Waals surface area contributed by atoms with Crippen LogP contribution < -0.4 is 10.1 Å². The Morgan fingerprint density at radius 1 is 0.969 bits per heavy atom. The number of amides is 1. The van der Waals surface area contributed by atoms with Crippen molar-refractivity contribution < 1.29 is 9.53 Å². The van der Waals surface area contributed by atoms with E-state index >= 15 is 0 Å². The number of hydrogen-bond donors (Lipinski definition) is 1. The van der Waals surface area contributed by atoms with Crippen molar-refractivity contribution in [2.75, 3.05) is 13.1 Å². The number of nitrogens with zero attached hydrogens (tertiary/aromatic N) is 2. The summed E-state index contributed by atoms with van der Waals surface area (Å²) in [6.45, 7) is 5.88. The van der Waals surface area contributed by atoms with Crippen molar-refractivity contribution in [2.45, 2.75) is 44.9 Å². The van der Waals surface area contributed by atoms with Crippen molar-refractivity contribution in [3.05, 3.63) is 95.8 Å². The summed E-state index contributed by atoms with van der Waals surface area (Å²) in [5, 5.41) is 3.21. The third-order valence-electron chi connectivity index (χ3n) is 5.83. The third kappa shape index (κ3) is 5.54. The molecule has 1 aromatic heterocycles. The molecule has 5 nitrogen and oxygen atoms in total. The van der Waals surface area contributed by atoms with Gasteiger partial charge in [0.25, 0.3) is 5.91 Å². The predicted molar refractivity (Wildman–Crippen MR) is 127 cm³/mol. The fraction of sp³-hybridized carbons (Fsp3) is 0.333. The van der Waals surface area contributed by atoms with E-state index in [0.29, 0.717) is 5.56 Å². The van der Waals surface area contributed by atoms with E-state index in [1.54, 1.807) is 0 Å². The molecule has 3 aromatic rings. The molecule has 1 aliphatic heterocycles. The van der Waals surface area contributed by atoms with E-state index in [1.165, 1.54) is 11.1 Å². The molecule has 1 atom stereocenters. The molecule has 5 heteroatoms. The molecule has 4 rings (SSSR count). The minimum absolute atomic E-state index is 0.00796. The van der Waals surface area contributed by atoms with E-state index in [9.17, 15) is 4.79 Å². The van der Waals surface area contributed by atoms with Crippen LogP contribution in [0.25, 0.3) is 0 Å². The largest absolute Gasteiger partial charge is 0.491 e. The number of carbonyl (C=O) groups is 1. The highest BCUT2D eigenvalue weighted by Gasteiger charge is 2.28. The molecule has 2 heterocycles. The predicted octanol–water partition coefficient (Wildman–Crippen LogP) is 4.85. The number of carbonyl (C=O) groups excluding carboxylic acids is 1. The van der Waals surface area contributed by atoms with E-state index < -0.39 is 0 Å². The molecule has 1 amide bonds. The Labute approximate surface area is 190 Å². The van der Waals surface area contributed by atoms with Crippen LogP contribution in [0.3, 0.4) is 0 Å². The number of benzene rings is 2. The highest BCUT2D eigenvalue weighted by atomic mass is 16.5. The lowest BCUT2D eigenvalue weighted by molar-refractivity contribution is 0.0900. The third-order valence-corrected chi connectivity index (χ3v) is 5.83. The molecule has 0 spiro atoms. The van der Waals surface area contributed by atoms with Crippen molar-refractivity contribution >= 4 is 5.91 Å². The Morgan fingerprint density at radius 3 is 2.31 bits per heavy atom. The van der Waals surface area contributed by atoms with Crippen LogP contribution >= 0.6 is 0 Å². The smallest absolute Gasteiger partial charge is 0.251 e. The minimum Gasteiger partial charge on any atom is -0.491 e. The quantitative estimate of drug-likeness (QED) is 0.583.